The molecule has 27 heavy (non-hydrogen) atoms. The second-order valence-corrected chi connectivity index (χ2v) is 9.12. The largest absolute Gasteiger partial charge is 0.324 e. The van der Waals surface area contributed by atoms with E-state index in [-0.39, 0.29) is 39.9 Å². The molecule has 0 aromatic heterocycles. The van der Waals surface area contributed by atoms with Gasteiger partial charge in [0, 0.05) is 18.8 Å². The predicted molar refractivity (Wildman–Crippen MR) is 103 cm³/mol. The minimum atomic E-state index is -3.41. The molecule has 1 amide bonds. The third kappa shape index (κ3) is 4.48. The van der Waals surface area contributed by atoms with Crippen molar-refractivity contribution in [1.29, 1.82) is 0 Å². The normalized spacial score (nSPS) is 17.4. The van der Waals surface area contributed by atoms with Gasteiger partial charge in [-0.2, -0.15) is 0 Å². The van der Waals surface area contributed by atoms with E-state index in [1.165, 1.54) is 30.3 Å². The van der Waals surface area contributed by atoms with Gasteiger partial charge in [0.05, 0.1) is 22.2 Å². The van der Waals surface area contributed by atoms with Crippen LogP contribution in [0.4, 0.5) is 10.1 Å². The standard InChI is InChI=1S/C19H20ClFN2O3S/c1-12-16-9-14(21)4-3-13(16)7-8-23(12)11-19(24)22-18-10-15(27(2,25)26)5-6-17(18)20/h3-6,9-10,12H,7-8,11H2,1-2H3,(H,22,24). The number of benzene rings is 2. The molecule has 0 fully saturated rings. The summed E-state index contributed by atoms with van der Waals surface area (Å²) >= 11 is 6.08. The lowest BCUT2D eigenvalue weighted by atomic mass is 9.93. The van der Waals surface area contributed by atoms with Crippen molar-refractivity contribution in [1.82, 2.24) is 4.90 Å². The lowest BCUT2D eigenvalue weighted by Crippen LogP contribution is -2.39. The smallest absolute Gasteiger partial charge is 0.238 e. The van der Waals surface area contributed by atoms with Gasteiger partial charge in [0.2, 0.25) is 5.91 Å². The van der Waals surface area contributed by atoms with Gasteiger partial charge in [0.1, 0.15) is 5.82 Å². The summed E-state index contributed by atoms with van der Waals surface area (Å²) in [6.07, 6.45) is 1.82. The molecular weight excluding hydrogens is 391 g/mol. The van der Waals surface area contributed by atoms with Crippen LogP contribution in [-0.4, -0.2) is 38.6 Å². The third-order valence-corrected chi connectivity index (χ3v) is 6.20. The molecule has 1 heterocycles. The maximum absolute atomic E-state index is 13.6. The fraction of sp³-hybridized carbons (Fsp3) is 0.316. The molecule has 0 saturated heterocycles. The summed E-state index contributed by atoms with van der Waals surface area (Å²) in [6, 6.07) is 8.82. The lowest BCUT2D eigenvalue weighted by molar-refractivity contribution is -0.117. The van der Waals surface area contributed by atoms with Crippen LogP contribution in [0.2, 0.25) is 5.02 Å². The van der Waals surface area contributed by atoms with Gasteiger partial charge in [-0.3, -0.25) is 9.69 Å². The average Bonchev–Trinajstić information content (AvgIpc) is 2.59. The van der Waals surface area contributed by atoms with Crippen LogP contribution >= 0.6 is 11.6 Å². The van der Waals surface area contributed by atoms with Crippen LogP contribution in [0, 0.1) is 5.82 Å². The van der Waals surface area contributed by atoms with E-state index in [4.69, 9.17) is 11.6 Å². The van der Waals surface area contributed by atoms with Crippen molar-refractivity contribution < 1.29 is 17.6 Å². The quantitative estimate of drug-likeness (QED) is 0.838. The van der Waals surface area contributed by atoms with Crippen molar-refractivity contribution in [3.63, 3.8) is 0 Å². The minimum Gasteiger partial charge on any atom is -0.324 e. The molecule has 8 heteroatoms. The number of hydrogen-bond acceptors (Lipinski definition) is 4. The van der Waals surface area contributed by atoms with Crippen molar-refractivity contribution in [3.05, 3.63) is 58.4 Å². The molecule has 0 bridgehead atoms. The summed E-state index contributed by atoms with van der Waals surface area (Å²) in [6.45, 7) is 2.70. The number of amides is 1. The SMILES string of the molecule is CC1c2cc(F)ccc2CCN1CC(=O)Nc1cc(S(C)(=O)=O)ccc1Cl. The number of carbonyl (C=O) groups excluding carboxylic acids is 1. The molecule has 1 N–H and O–H groups in total. The topological polar surface area (TPSA) is 66.5 Å². The molecule has 1 unspecified atom stereocenters. The highest BCUT2D eigenvalue weighted by Crippen LogP contribution is 2.30. The number of sulfone groups is 1. The molecule has 2 aromatic rings. The van der Waals surface area contributed by atoms with E-state index in [9.17, 15) is 17.6 Å². The molecule has 5 nitrogen and oxygen atoms in total. The van der Waals surface area contributed by atoms with Crippen molar-refractivity contribution in [2.24, 2.45) is 0 Å². The zero-order chi connectivity index (χ0) is 19.8. The summed E-state index contributed by atoms with van der Waals surface area (Å²) < 4.78 is 36.9. The first-order chi connectivity index (χ1) is 12.6. The van der Waals surface area contributed by atoms with Crippen molar-refractivity contribution in [2.45, 2.75) is 24.3 Å². The first kappa shape index (κ1) is 19.8. The molecule has 0 saturated carbocycles. The van der Waals surface area contributed by atoms with Gasteiger partial charge in [-0.1, -0.05) is 17.7 Å². The average molecular weight is 411 g/mol. The maximum Gasteiger partial charge on any atom is 0.238 e. The Morgan fingerprint density at radius 1 is 1.30 bits per heavy atom. The maximum atomic E-state index is 13.6. The Kier molecular flexibility index (Phi) is 5.55. The highest BCUT2D eigenvalue weighted by molar-refractivity contribution is 7.90. The number of hydrogen-bond donors (Lipinski definition) is 1. The minimum absolute atomic E-state index is 0.0814. The Bertz CT molecular complexity index is 994. The monoisotopic (exact) mass is 410 g/mol. The van der Waals surface area contributed by atoms with Crippen molar-refractivity contribution in [2.75, 3.05) is 24.7 Å². The number of rotatable bonds is 4. The zero-order valence-electron chi connectivity index (χ0n) is 15.0. The van der Waals surface area contributed by atoms with Crippen LogP contribution < -0.4 is 5.32 Å². The number of carbonyl (C=O) groups is 1. The van der Waals surface area contributed by atoms with Gasteiger partial charge in [0.25, 0.3) is 0 Å². The summed E-state index contributed by atoms with van der Waals surface area (Å²) in [4.78, 5) is 14.5. The molecule has 1 aliphatic heterocycles. The lowest BCUT2D eigenvalue weighted by Gasteiger charge is -2.34. The molecule has 1 aliphatic rings. The molecule has 0 radical (unpaired) electrons. The van der Waals surface area contributed by atoms with Gasteiger partial charge in [-0.25, -0.2) is 12.8 Å². The molecule has 1 atom stereocenters. The molecular formula is C19H20ClFN2O3S. The predicted octanol–water partition coefficient (Wildman–Crippen LogP) is 3.44. The second kappa shape index (κ2) is 7.58. The Hall–Kier alpha value is -1.96. The van der Waals surface area contributed by atoms with Gasteiger partial charge in [-0.05, 0) is 54.8 Å². The number of nitrogens with one attached hydrogen (secondary N) is 1. The molecule has 0 spiro atoms. The van der Waals surface area contributed by atoms with Crippen LogP contribution in [0.3, 0.4) is 0 Å². The summed E-state index contributed by atoms with van der Waals surface area (Å²) in [5.41, 5.74) is 2.22. The first-order valence-electron chi connectivity index (χ1n) is 8.47. The van der Waals surface area contributed by atoms with Gasteiger partial charge >= 0.3 is 0 Å². The van der Waals surface area contributed by atoms with E-state index in [0.29, 0.717) is 6.54 Å². The molecule has 2 aromatic carbocycles. The number of anilines is 1. The van der Waals surface area contributed by atoms with E-state index in [0.717, 1.165) is 23.8 Å². The first-order valence-corrected chi connectivity index (χ1v) is 10.7. The van der Waals surface area contributed by atoms with Crippen molar-refractivity contribution >= 4 is 33.0 Å². The van der Waals surface area contributed by atoms with Crippen molar-refractivity contribution in [3.8, 4) is 0 Å². The van der Waals surface area contributed by atoms with E-state index in [1.54, 1.807) is 6.07 Å². The summed E-state index contributed by atoms with van der Waals surface area (Å²) in [7, 11) is -3.41. The highest BCUT2D eigenvalue weighted by atomic mass is 35.5. The Morgan fingerprint density at radius 3 is 2.74 bits per heavy atom. The zero-order valence-corrected chi connectivity index (χ0v) is 16.6. The van der Waals surface area contributed by atoms with Gasteiger partial charge in [-0.15, -0.1) is 0 Å². The highest BCUT2D eigenvalue weighted by Gasteiger charge is 2.26. The van der Waals surface area contributed by atoms with E-state index in [1.807, 2.05) is 11.8 Å². The molecule has 144 valence electrons. The Morgan fingerprint density at radius 2 is 2.04 bits per heavy atom. The van der Waals surface area contributed by atoms with E-state index >= 15 is 0 Å². The summed E-state index contributed by atoms with van der Waals surface area (Å²) in [5.74, 6) is -0.606. The van der Waals surface area contributed by atoms with Crippen LogP contribution in [-0.2, 0) is 21.1 Å². The summed E-state index contributed by atoms with van der Waals surface area (Å²) in [5, 5.41) is 2.93. The number of nitrogens with zero attached hydrogens (tertiary/aromatic N) is 1. The Balaban J connectivity index is 1.73. The fourth-order valence-electron chi connectivity index (χ4n) is 3.26. The van der Waals surface area contributed by atoms with Gasteiger partial charge < -0.3 is 5.32 Å². The molecule has 3 rings (SSSR count). The second-order valence-electron chi connectivity index (χ2n) is 6.70. The fourth-order valence-corrected chi connectivity index (χ4v) is 4.07. The number of halogens is 2. The number of fused-ring (bicyclic) bond motifs is 1. The van der Waals surface area contributed by atoms with Gasteiger partial charge in [0.15, 0.2) is 9.84 Å². The molecule has 0 aliphatic carbocycles. The third-order valence-electron chi connectivity index (χ3n) is 4.76. The van der Waals surface area contributed by atoms with E-state index < -0.39 is 9.84 Å². The van der Waals surface area contributed by atoms with Crippen LogP contribution in [0.15, 0.2) is 41.3 Å². The van der Waals surface area contributed by atoms with E-state index in [2.05, 4.69) is 5.32 Å². The van der Waals surface area contributed by atoms with Crippen LogP contribution in [0.5, 0.6) is 0 Å². The van der Waals surface area contributed by atoms with Crippen LogP contribution in [0.25, 0.3) is 0 Å². The Labute approximate surface area is 163 Å². The van der Waals surface area contributed by atoms with Crippen LogP contribution in [0.1, 0.15) is 24.1 Å².